The zero-order valence-electron chi connectivity index (χ0n) is 15.1. The fraction of sp³-hybridized carbons (Fsp3) is 0.316. The Morgan fingerprint density at radius 1 is 1.04 bits per heavy atom. The van der Waals surface area contributed by atoms with Gasteiger partial charge >= 0.3 is 6.03 Å². The fourth-order valence-corrected chi connectivity index (χ4v) is 4.17. The molecule has 9 heteroatoms. The van der Waals surface area contributed by atoms with Crippen LogP contribution in [0, 0.1) is 4.91 Å². The number of amides is 2. The SMILES string of the molecule is O=Nc1ccc(Oc2ccccc2)c(S(=O)(=O)NC(=O)NC2CCCCC2)c1. The first-order valence-corrected chi connectivity index (χ1v) is 10.5. The normalized spacial score (nSPS) is 14.9. The molecule has 1 aliphatic rings. The van der Waals surface area contributed by atoms with E-state index in [-0.39, 0.29) is 22.4 Å². The number of nitrogens with one attached hydrogen (secondary N) is 2. The molecule has 148 valence electrons. The highest BCUT2D eigenvalue weighted by atomic mass is 32.2. The number of benzene rings is 2. The zero-order valence-corrected chi connectivity index (χ0v) is 15.9. The molecule has 0 unspecified atom stereocenters. The number of rotatable bonds is 6. The molecule has 0 radical (unpaired) electrons. The second-order valence-corrected chi connectivity index (χ2v) is 8.20. The van der Waals surface area contributed by atoms with Crippen LogP contribution in [0.2, 0.25) is 0 Å². The van der Waals surface area contributed by atoms with Crippen LogP contribution in [0.5, 0.6) is 11.5 Å². The van der Waals surface area contributed by atoms with Crippen LogP contribution in [-0.2, 0) is 10.0 Å². The molecule has 0 aromatic heterocycles. The summed E-state index contributed by atoms with van der Waals surface area (Å²) in [5.74, 6) is 0.397. The number of sulfonamides is 1. The number of nitroso groups, excluding NO2 is 1. The van der Waals surface area contributed by atoms with Gasteiger partial charge in [-0.1, -0.05) is 37.5 Å². The van der Waals surface area contributed by atoms with Crippen molar-refractivity contribution in [2.45, 2.75) is 43.0 Å². The number of ether oxygens (including phenoxy) is 1. The molecule has 8 nitrogen and oxygen atoms in total. The Morgan fingerprint density at radius 3 is 2.43 bits per heavy atom. The molecular weight excluding hydrogens is 382 g/mol. The van der Waals surface area contributed by atoms with Gasteiger partial charge in [-0.3, -0.25) is 0 Å². The van der Waals surface area contributed by atoms with E-state index in [0.29, 0.717) is 5.75 Å². The Morgan fingerprint density at radius 2 is 1.75 bits per heavy atom. The second-order valence-electron chi connectivity index (χ2n) is 6.55. The van der Waals surface area contributed by atoms with Gasteiger partial charge in [0.05, 0.1) is 0 Å². The van der Waals surface area contributed by atoms with E-state index in [1.165, 1.54) is 12.1 Å². The van der Waals surface area contributed by atoms with Crippen LogP contribution < -0.4 is 14.8 Å². The fourth-order valence-electron chi connectivity index (χ4n) is 3.10. The molecule has 1 aliphatic carbocycles. The van der Waals surface area contributed by atoms with Gasteiger partial charge < -0.3 is 10.1 Å². The van der Waals surface area contributed by atoms with Crippen LogP contribution >= 0.6 is 0 Å². The second kappa shape index (κ2) is 8.83. The number of nitrogens with zero attached hydrogens (tertiary/aromatic N) is 1. The summed E-state index contributed by atoms with van der Waals surface area (Å²) in [7, 11) is -4.28. The lowest BCUT2D eigenvalue weighted by Crippen LogP contribution is -2.45. The Bertz CT molecular complexity index is 941. The first-order valence-electron chi connectivity index (χ1n) is 9.01. The Hall–Kier alpha value is -2.94. The third-order valence-electron chi connectivity index (χ3n) is 4.46. The lowest BCUT2D eigenvalue weighted by Gasteiger charge is -2.23. The summed E-state index contributed by atoms with van der Waals surface area (Å²) >= 11 is 0. The third kappa shape index (κ3) is 5.07. The summed E-state index contributed by atoms with van der Waals surface area (Å²) in [6.07, 6.45) is 4.75. The topological polar surface area (TPSA) is 114 Å². The van der Waals surface area contributed by atoms with Crippen molar-refractivity contribution in [3.05, 3.63) is 53.4 Å². The van der Waals surface area contributed by atoms with Gasteiger partial charge in [0, 0.05) is 6.04 Å². The Balaban J connectivity index is 1.82. The van der Waals surface area contributed by atoms with Gasteiger partial charge in [-0.05, 0) is 48.4 Å². The maximum Gasteiger partial charge on any atom is 0.328 e. The molecular formula is C19H21N3O5S. The van der Waals surface area contributed by atoms with Crippen LogP contribution in [0.4, 0.5) is 10.5 Å². The molecule has 0 heterocycles. The Kier molecular flexibility index (Phi) is 6.25. The minimum atomic E-state index is -4.28. The molecule has 3 rings (SSSR count). The summed E-state index contributed by atoms with van der Waals surface area (Å²) in [6, 6.07) is 11.5. The average molecular weight is 403 g/mol. The van der Waals surface area contributed by atoms with E-state index in [0.717, 1.165) is 38.2 Å². The van der Waals surface area contributed by atoms with E-state index in [1.54, 1.807) is 30.3 Å². The van der Waals surface area contributed by atoms with Crippen LogP contribution in [-0.4, -0.2) is 20.5 Å². The molecule has 2 amide bonds. The van der Waals surface area contributed by atoms with E-state index in [9.17, 15) is 18.1 Å². The summed E-state index contributed by atoms with van der Waals surface area (Å²) in [6.45, 7) is 0. The molecule has 0 atom stereocenters. The van der Waals surface area contributed by atoms with Gasteiger partial charge in [-0.2, -0.15) is 0 Å². The van der Waals surface area contributed by atoms with Crippen molar-refractivity contribution in [3.8, 4) is 11.5 Å². The molecule has 1 saturated carbocycles. The van der Waals surface area contributed by atoms with E-state index >= 15 is 0 Å². The lowest BCUT2D eigenvalue weighted by molar-refractivity contribution is 0.237. The number of hydrogen-bond donors (Lipinski definition) is 2. The van der Waals surface area contributed by atoms with Gasteiger partial charge in [0.25, 0.3) is 10.0 Å². The quantitative estimate of drug-likeness (QED) is 0.702. The predicted octanol–water partition coefficient (Wildman–Crippen LogP) is 4.20. The van der Waals surface area contributed by atoms with Gasteiger partial charge in [-0.15, -0.1) is 4.91 Å². The van der Waals surface area contributed by atoms with Gasteiger partial charge in [0.1, 0.15) is 22.1 Å². The summed E-state index contributed by atoms with van der Waals surface area (Å²) in [5, 5.41) is 5.45. The maximum atomic E-state index is 12.8. The number of hydrogen-bond acceptors (Lipinski definition) is 6. The third-order valence-corrected chi connectivity index (χ3v) is 5.81. The van der Waals surface area contributed by atoms with Crippen LogP contribution in [0.1, 0.15) is 32.1 Å². The summed E-state index contributed by atoms with van der Waals surface area (Å²) in [4.78, 5) is 22.7. The van der Waals surface area contributed by atoms with Crippen LogP contribution in [0.3, 0.4) is 0 Å². The van der Waals surface area contributed by atoms with Crippen LogP contribution in [0.15, 0.2) is 58.6 Å². The van der Waals surface area contributed by atoms with Crippen molar-refractivity contribution in [2.75, 3.05) is 0 Å². The molecule has 1 fully saturated rings. The lowest BCUT2D eigenvalue weighted by atomic mass is 9.96. The van der Waals surface area contributed by atoms with E-state index in [2.05, 4.69) is 10.5 Å². The molecule has 2 N–H and O–H groups in total. The first kappa shape index (κ1) is 19.8. The predicted molar refractivity (Wildman–Crippen MR) is 104 cm³/mol. The highest BCUT2D eigenvalue weighted by Gasteiger charge is 2.25. The molecule has 2 aromatic rings. The zero-order chi connectivity index (χ0) is 20.0. The number of urea groups is 1. The molecule has 0 saturated heterocycles. The van der Waals surface area contributed by atoms with Crippen molar-refractivity contribution in [1.82, 2.24) is 10.0 Å². The van der Waals surface area contributed by atoms with E-state index in [4.69, 9.17) is 4.74 Å². The van der Waals surface area contributed by atoms with Gasteiger partial charge in [0.15, 0.2) is 0 Å². The van der Waals surface area contributed by atoms with Crippen molar-refractivity contribution in [3.63, 3.8) is 0 Å². The summed E-state index contributed by atoms with van der Waals surface area (Å²) in [5.41, 5.74) is -0.0894. The minimum Gasteiger partial charge on any atom is -0.456 e. The number of carbonyl (C=O) groups excluding carboxylic acids is 1. The van der Waals surface area contributed by atoms with Crippen molar-refractivity contribution < 1.29 is 17.9 Å². The first-order chi connectivity index (χ1) is 13.5. The average Bonchev–Trinajstić information content (AvgIpc) is 2.69. The van der Waals surface area contributed by atoms with E-state index < -0.39 is 16.1 Å². The van der Waals surface area contributed by atoms with Gasteiger partial charge in [0.2, 0.25) is 0 Å². The van der Waals surface area contributed by atoms with E-state index in [1.807, 2.05) is 4.72 Å². The highest BCUT2D eigenvalue weighted by Crippen LogP contribution is 2.32. The Labute approximate surface area is 163 Å². The van der Waals surface area contributed by atoms with Gasteiger partial charge in [-0.25, -0.2) is 17.9 Å². The number of carbonyl (C=O) groups is 1. The molecule has 28 heavy (non-hydrogen) atoms. The van der Waals surface area contributed by atoms with Crippen molar-refractivity contribution in [2.24, 2.45) is 5.18 Å². The monoisotopic (exact) mass is 403 g/mol. The smallest absolute Gasteiger partial charge is 0.328 e. The maximum absolute atomic E-state index is 12.8. The number of para-hydroxylation sites is 1. The van der Waals surface area contributed by atoms with Crippen molar-refractivity contribution in [1.29, 1.82) is 0 Å². The molecule has 0 aliphatic heterocycles. The summed E-state index contributed by atoms with van der Waals surface area (Å²) < 4.78 is 33.2. The molecule has 0 spiro atoms. The highest BCUT2D eigenvalue weighted by molar-refractivity contribution is 7.90. The molecule has 2 aromatic carbocycles. The molecule has 0 bridgehead atoms. The van der Waals surface area contributed by atoms with Crippen LogP contribution in [0.25, 0.3) is 0 Å². The largest absolute Gasteiger partial charge is 0.456 e. The minimum absolute atomic E-state index is 0.0171. The standard InChI is InChI=1S/C19H21N3O5S/c23-19(20-14-7-3-1-4-8-14)22-28(25,26)18-13-15(21-24)11-12-17(18)27-16-9-5-2-6-10-16/h2,5-6,9-14H,1,3-4,7-8H2,(H2,20,22,23). The van der Waals surface area contributed by atoms with Crippen molar-refractivity contribution >= 4 is 21.7 Å².